The highest BCUT2D eigenvalue weighted by Crippen LogP contribution is 2.41. The van der Waals surface area contributed by atoms with Crippen LogP contribution in [0.3, 0.4) is 0 Å². The molecule has 5 nitrogen and oxygen atoms in total. The van der Waals surface area contributed by atoms with Gasteiger partial charge in [-0.3, -0.25) is 9.59 Å². The molecule has 2 saturated heterocycles. The normalized spacial score (nSPS) is 24.8. The fraction of sp³-hybridized carbons (Fsp3) is 0.889. The Bertz CT molecular complexity index is 438. The molecule has 0 atom stereocenters. The number of carbonyl (C=O) groups is 2. The van der Waals surface area contributed by atoms with Gasteiger partial charge in [0.15, 0.2) is 0 Å². The molecule has 2 heterocycles. The lowest BCUT2D eigenvalue weighted by molar-refractivity contribution is -0.134. The first-order valence-electron chi connectivity index (χ1n) is 9.16. The van der Waals surface area contributed by atoms with Crippen LogP contribution in [-0.4, -0.2) is 61.5 Å². The Kier molecular flexibility index (Phi) is 5.24. The van der Waals surface area contributed by atoms with Crippen molar-refractivity contribution in [2.24, 2.45) is 11.3 Å². The molecule has 0 unspecified atom stereocenters. The lowest BCUT2D eigenvalue weighted by Crippen LogP contribution is -2.44. The minimum absolute atomic E-state index is 0.106. The molecule has 3 fully saturated rings. The molecule has 2 amide bonds. The largest absolute Gasteiger partial charge is 0.383 e. The molecule has 0 aromatic carbocycles. The molecular weight excluding hydrogens is 292 g/mol. The van der Waals surface area contributed by atoms with Gasteiger partial charge in [-0.05, 0) is 31.6 Å². The van der Waals surface area contributed by atoms with Crippen LogP contribution >= 0.6 is 0 Å². The number of hydrogen-bond donors (Lipinski definition) is 0. The number of hydrogen-bond acceptors (Lipinski definition) is 3. The van der Waals surface area contributed by atoms with Gasteiger partial charge in [0, 0.05) is 51.5 Å². The lowest BCUT2D eigenvalue weighted by atomic mass is 9.77. The summed E-state index contributed by atoms with van der Waals surface area (Å²) in [5, 5.41) is 0. The summed E-state index contributed by atoms with van der Waals surface area (Å²) in [6.45, 7) is 3.81. The smallest absolute Gasteiger partial charge is 0.223 e. The predicted octanol–water partition coefficient (Wildman–Crippen LogP) is 2.05. The lowest BCUT2D eigenvalue weighted by Gasteiger charge is -2.39. The number of amides is 2. The number of ether oxygens (including phenoxy) is 1. The first-order chi connectivity index (χ1) is 11.1. The van der Waals surface area contributed by atoms with Crippen molar-refractivity contribution in [2.75, 3.05) is 39.9 Å². The predicted molar refractivity (Wildman–Crippen MR) is 87.9 cm³/mol. The second-order valence-corrected chi connectivity index (χ2v) is 7.72. The van der Waals surface area contributed by atoms with Gasteiger partial charge in [0.05, 0.1) is 6.61 Å². The van der Waals surface area contributed by atoms with Crippen LogP contribution in [0.2, 0.25) is 0 Å². The zero-order valence-corrected chi connectivity index (χ0v) is 14.4. The van der Waals surface area contributed by atoms with Gasteiger partial charge >= 0.3 is 0 Å². The fourth-order valence-corrected chi connectivity index (χ4v) is 4.54. The highest BCUT2D eigenvalue weighted by atomic mass is 16.5. The standard InChI is InChI=1S/C18H30N2O3/c1-23-11-10-20-14-18(13-17(20)22)6-8-19(9-7-18)16(21)12-15-4-2-3-5-15/h15H,2-14H2,1H3. The van der Waals surface area contributed by atoms with Crippen molar-refractivity contribution in [2.45, 2.75) is 51.4 Å². The second-order valence-electron chi connectivity index (χ2n) is 7.72. The number of likely N-dealkylation sites (tertiary alicyclic amines) is 2. The third-order valence-electron chi connectivity index (χ3n) is 6.09. The third kappa shape index (κ3) is 3.87. The van der Waals surface area contributed by atoms with E-state index in [1.165, 1.54) is 25.7 Å². The minimum Gasteiger partial charge on any atom is -0.383 e. The summed E-state index contributed by atoms with van der Waals surface area (Å²) in [4.78, 5) is 28.6. The molecule has 3 rings (SSSR count). The second kappa shape index (κ2) is 7.20. The number of carbonyl (C=O) groups excluding carboxylic acids is 2. The van der Waals surface area contributed by atoms with Crippen LogP contribution in [0, 0.1) is 11.3 Å². The van der Waals surface area contributed by atoms with E-state index in [-0.39, 0.29) is 11.3 Å². The van der Waals surface area contributed by atoms with Gasteiger partial charge in [0.2, 0.25) is 11.8 Å². The van der Waals surface area contributed by atoms with Crippen LogP contribution < -0.4 is 0 Å². The fourth-order valence-electron chi connectivity index (χ4n) is 4.54. The van der Waals surface area contributed by atoms with Gasteiger partial charge in [-0.1, -0.05) is 12.8 Å². The molecule has 0 bridgehead atoms. The summed E-state index contributed by atoms with van der Waals surface area (Å²) in [5.74, 6) is 1.22. The maximum atomic E-state index is 12.5. The van der Waals surface area contributed by atoms with E-state index in [2.05, 4.69) is 0 Å². The summed E-state index contributed by atoms with van der Waals surface area (Å²) in [7, 11) is 1.67. The summed E-state index contributed by atoms with van der Waals surface area (Å²) < 4.78 is 5.09. The maximum absolute atomic E-state index is 12.5. The van der Waals surface area contributed by atoms with Gasteiger partial charge in [-0.2, -0.15) is 0 Å². The average molecular weight is 322 g/mol. The van der Waals surface area contributed by atoms with E-state index in [1.54, 1.807) is 7.11 Å². The van der Waals surface area contributed by atoms with Crippen LogP contribution in [0.4, 0.5) is 0 Å². The van der Waals surface area contributed by atoms with Crippen molar-refractivity contribution < 1.29 is 14.3 Å². The quantitative estimate of drug-likeness (QED) is 0.778. The van der Waals surface area contributed by atoms with E-state index in [0.717, 1.165) is 38.9 Å². The maximum Gasteiger partial charge on any atom is 0.223 e. The van der Waals surface area contributed by atoms with Crippen molar-refractivity contribution in [3.8, 4) is 0 Å². The van der Waals surface area contributed by atoms with Crippen molar-refractivity contribution in [3.05, 3.63) is 0 Å². The summed E-state index contributed by atoms with van der Waals surface area (Å²) in [5.41, 5.74) is 0.106. The van der Waals surface area contributed by atoms with E-state index in [1.807, 2.05) is 9.80 Å². The van der Waals surface area contributed by atoms with Gasteiger partial charge in [0.1, 0.15) is 0 Å². The van der Waals surface area contributed by atoms with Crippen molar-refractivity contribution >= 4 is 11.8 Å². The molecule has 3 aliphatic rings. The zero-order valence-electron chi connectivity index (χ0n) is 14.4. The van der Waals surface area contributed by atoms with Gasteiger partial charge in [-0.25, -0.2) is 0 Å². The Balaban J connectivity index is 1.48. The molecule has 1 saturated carbocycles. The molecule has 0 aromatic heterocycles. The van der Waals surface area contributed by atoms with Crippen LogP contribution in [0.5, 0.6) is 0 Å². The van der Waals surface area contributed by atoms with E-state index >= 15 is 0 Å². The molecule has 130 valence electrons. The molecule has 5 heteroatoms. The number of methoxy groups -OCH3 is 1. The summed E-state index contributed by atoms with van der Waals surface area (Å²) >= 11 is 0. The van der Waals surface area contributed by atoms with E-state index in [4.69, 9.17) is 4.74 Å². The molecular formula is C18H30N2O3. The first-order valence-corrected chi connectivity index (χ1v) is 9.16. The SMILES string of the molecule is COCCN1CC2(CCN(C(=O)CC3CCCC3)CC2)CC1=O. The van der Waals surface area contributed by atoms with Gasteiger partial charge in [0.25, 0.3) is 0 Å². The monoisotopic (exact) mass is 322 g/mol. The zero-order chi connectivity index (χ0) is 16.3. The highest BCUT2D eigenvalue weighted by molar-refractivity contribution is 5.80. The number of rotatable bonds is 5. The van der Waals surface area contributed by atoms with Crippen molar-refractivity contribution in [1.82, 2.24) is 9.80 Å². The molecule has 0 radical (unpaired) electrons. The molecule has 0 aromatic rings. The summed E-state index contributed by atoms with van der Waals surface area (Å²) in [6, 6.07) is 0. The van der Waals surface area contributed by atoms with Gasteiger partial charge < -0.3 is 14.5 Å². The number of nitrogens with zero attached hydrogens (tertiary/aromatic N) is 2. The van der Waals surface area contributed by atoms with Crippen molar-refractivity contribution in [3.63, 3.8) is 0 Å². The Labute approximate surface area is 139 Å². The van der Waals surface area contributed by atoms with Crippen LogP contribution in [-0.2, 0) is 14.3 Å². The van der Waals surface area contributed by atoms with E-state index in [9.17, 15) is 9.59 Å². The van der Waals surface area contributed by atoms with E-state index in [0.29, 0.717) is 31.4 Å². The topological polar surface area (TPSA) is 49.9 Å². The number of piperidine rings is 1. The Hall–Kier alpha value is -1.10. The summed E-state index contributed by atoms with van der Waals surface area (Å²) in [6.07, 6.45) is 8.38. The first kappa shape index (κ1) is 16.7. The van der Waals surface area contributed by atoms with Crippen LogP contribution in [0.25, 0.3) is 0 Å². The van der Waals surface area contributed by atoms with E-state index < -0.39 is 0 Å². The van der Waals surface area contributed by atoms with Crippen LogP contribution in [0.1, 0.15) is 51.4 Å². The van der Waals surface area contributed by atoms with Crippen LogP contribution in [0.15, 0.2) is 0 Å². The molecule has 23 heavy (non-hydrogen) atoms. The molecule has 2 aliphatic heterocycles. The highest BCUT2D eigenvalue weighted by Gasteiger charge is 2.45. The Morgan fingerprint density at radius 1 is 1.26 bits per heavy atom. The molecule has 1 aliphatic carbocycles. The van der Waals surface area contributed by atoms with Crippen molar-refractivity contribution in [1.29, 1.82) is 0 Å². The van der Waals surface area contributed by atoms with Gasteiger partial charge in [-0.15, -0.1) is 0 Å². The Morgan fingerprint density at radius 3 is 2.61 bits per heavy atom. The Morgan fingerprint density at radius 2 is 1.96 bits per heavy atom. The third-order valence-corrected chi connectivity index (χ3v) is 6.09. The minimum atomic E-state index is 0.106. The molecule has 0 N–H and O–H groups in total. The average Bonchev–Trinajstić information content (AvgIpc) is 3.14. The molecule has 1 spiro atoms.